The van der Waals surface area contributed by atoms with E-state index in [2.05, 4.69) is 17.1 Å². The Bertz CT molecular complexity index is 639. The predicted molar refractivity (Wildman–Crippen MR) is 84.1 cm³/mol. The molecule has 0 saturated carbocycles. The van der Waals surface area contributed by atoms with Crippen molar-refractivity contribution in [3.8, 4) is 0 Å². The Labute approximate surface area is 125 Å². The molecular formula is C17H20N2O2. The van der Waals surface area contributed by atoms with E-state index in [1.54, 1.807) is 6.07 Å². The third-order valence-corrected chi connectivity index (χ3v) is 3.48. The highest BCUT2D eigenvalue weighted by Gasteiger charge is 2.18. The Hall–Kier alpha value is -2.36. The van der Waals surface area contributed by atoms with Gasteiger partial charge in [0.05, 0.1) is 0 Å². The summed E-state index contributed by atoms with van der Waals surface area (Å²) in [4.78, 5) is 17.8. The molecule has 1 heterocycles. The lowest BCUT2D eigenvalue weighted by Crippen LogP contribution is -2.24. The van der Waals surface area contributed by atoms with Gasteiger partial charge in [0.15, 0.2) is 0 Å². The van der Waals surface area contributed by atoms with E-state index in [-0.39, 0.29) is 5.56 Å². The molecule has 0 unspecified atom stereocenters. The molecule has 0 bridgehead atoms. The van der Waals surface area contributed by atoms with Gasteiger partial charge in [0, 0.05) is 19.3 Å². The highest BCUT2D eigenvalue weighted by molar-refractivity contribution is 5.95. The summed E-state index contributed by atoms with van der Waals surface area (Å²) in [5.74, 6) is -0.391. The van der Waals surface area contributed by atoms with Crippen molar-refractivity contribution >= 4 is 11.8 Å². The zero-order valence-electron chi connectivity index (χ0n) is 12.6. The van der Waals surface area contributed by atoms with Crippen LogP contribution in [0.25, 0.3) is 0 Å². The topological polar surface area (TPSA) is 53.4 Å². The highest BCUT2D eigenvalue weighted by Crippen LogP contribution is 2.22. The van der Waals surface area contributed by atoms with E-state index < -0.39 is 5.97 Å². The summed E-state index contributed by atoms with van der Waals surface area (Å²) >= 11 is 0. The van der Waals surface area contributed by atoms with Gasteiger partial charge < -0.3 is 10.0 Å². The molecule has 0 amide bonds. The first-order valence-corrected chi connectivity index (χ1v) is 6.95. The standard InChI is InChI=1S/C17H20N2O2/c1-12-11-13(2)18-16(15(12)17(20)21)19(3)10-9-14-7-5-4-6-8-14/h4-8,11H,9-10H2,1-3H3,(H,20,21). The summed E-state index contributed by atoms with van der Waals surface area (Å²) < 4.78 is 0. The largest absolute Gasteiger partial charge is 0.478 e. The van der Waals surface area contributed by atoms with Crippen LogP contribution in [0.5, 0.6) is 0 Å². The fourth-order valence-corrected chi connectivity index (χ4v) is 2.40. The minimum absolute atomic E-state index is 0.288. The molecule has 2 rings (SSSR count). The average Bonchev–Trinajstić information content (AvgIpc) is 2.44. The number of likely N-dealkylation sites (N-methyl/N-ethyl adjacent to an activating group) is 1. The maximum atomic E-state index is 11.5. The van der Waals surface area contributed by atoms with Crippen molar-refractivity contribution in [2.75, 3.05) is 18.5 Å². The number of nitrogens with zero attached hydrogens (tertiary/aromatic N) is 2. The molecule has 0 spiro atoms. The summed E-state index contributed by atoms with van der Waals surface area (Å²) in [5, 5.41) is 9.40. The number of rotatable bonds is 5. The quantitative estimate of drug-likeness (QED) is 0.916. The smallest absolute Gasteiger partial charge is 0.339 e. The van der Waals surface area contributed by atoms with E-state index in [9.17, 15) is 9.90 Å². The van der Waals surface area contributed by atoms with Crippen molar-refractivity contribution in [2.24, 2.45) is 0 Å². The van der Waals surface area contributed by atoms with Crippen LogP contribution in [0.2, 0.25) is 0 Å². The molecule has 0 aliphatic carbocycles. The second kappa shape index (κ2) is 6.39. The average molecular weight is 284 g/mol. The number of aryl methyl sites for hydroxylation is 2. The highest BCUT2D eigenvalue weighted by atomic mass is 16.4. The molecule has 1 aromatic carbocycles. The minimum atomic E-state index is -0.929. The molecule has 0 fully saturated rings. The van der Waals surface area contributed by atoms with Crippen LogP contribution in [-0.2, 0) is 6.42 Å². The number of benzene rings is 1. The van der Waals surface area contributed by atoms with Gasteiger partial charge in [-0.15, -0.1) is 0 Å². The van der Waals surface area contributed by atoms with Crippen LogP contribution in [0.4, 0.5) is 5.82 Å². The summed E-state index contributed by atoms with van der Waals surface area (Å²) in [5.41, 5.74) is 3.09. The van der Waals surface area contributed by atoms with E-state index in [0.29, 0.717) is 5.82 Å². The predicted octanol–water partition coefficient (Wildman–Crippen LogP) is 3.08. The molecule has 4 heteroatoms. The van der Waals surface area contributed by atoms with Crippen molar-refractivity contribution < 1.29 is 9.90 Å². The lowest BCUT2D eigenvalue weighted by Gasteiger charge is -2.21. The third-order valence-electron chi connectivity index (χ3n) is 3.48. The van der Waals surface area contributed by atoms with Crippen LogP contribution >= 0.6 is 0 Å². The van der Waals surface area contributed by atoms with Crippen molar-refractivity contribution in [1.82, 2.24) is 4.98 Å². The number of aromatic carboxylic acids is 1. The molecule has 2 aromatic rings. The van der Waals surface area contributed by atoms with E-state index in [4.69, 9.17) is 0 Å². The Kier molecular flexibility index (Phi) is 4.58. The molecule has 0 aliphatic rings. The maximum absolute atomic E-state index is 11.5. The van der Waals surface area contributed by atoms with Crippen molar-refractivity contribution in [3.63, 3.8) is 0 Å². The SMILES string of the molecule is Cc1cc(C)c(C(=O)O)c(N(C)CCc2ccccc2)n1. The monoisotopic (exact) mass is 284 g/mol. The van der Waals surface area contributed by atoms with Gasteiger partial charge in [0.25, 0.3) is 0 Å². The fraction of sp³-hybridized carbons (Fsp3) is 0.294. The molecule has 4 nitrogen and oxygen atoms in total. The molecule has 1 aromatic heterocycles. The summed E-state index contributed by atoms with van der Waals surface area (Å²) in [6.07, 6.45) is 0.852. The Morgan fingerprint density at radius 2 is 1.90 bits per heavy atom. The van der Waals surface area contributed by atoms with Crippen LogP contribution in [0.1, 0.15) is 27.2 Å². The van der Waals surface area contributed by atoms with Gasteiger partial charge in [-0.05, 0) is 37.5 Å². The summed E-state index contributed by atoms with van der Waals surface area (Å²) in [6, 6.07) is 11.9. The number of hydrogen-bond donors (Lipinski definition) is 1. The maximum Gasteiger partial charge on any atom is 0.339 e. The number of carbonyl (C=O) groups is 1. The van der Waals surface area contributed by atoms with Crippen molar-refractivity contribution in [1.29, 1.82) is 0 Å². The number of hydrogen-bond acceptors (Lipinski definition) is 3. The van der Waals surface area contributed by atoms with Gasteiger partial charge >= 0.3 is 5.97 Å². The van der Waals surface area contributed by atoms with Crippen LogP contribution < -0.4 is 4.90 Å². The molecule has 21 heavy (non-hydrogen) atoms. The van der Waals surface area contributed by atoms with E-state index in [1.807, 2.05) is 44.0 Å². The number of pyridine rings is 1. The first-order chi connectivity index (χ1) is 9.99. The molecule has 0 aliphatic heterocycles. The lowest BCUT2D eigenvalue weighted by atomic mass is 10.1. The molecule has 1 N–H and O–H groups in total. The first-order valence-electron chi connectivity index (χ1n) is 6.95. The van der Waals surface area contributed by atoms with Gasteiger partial charge in [-0.2, -0.15) is 0 Å². The van der Waals surface area contributed by atoms with Crippen LogP contribution in [-0.4, -0.2) is 29.7 Å². The molecule has 0 saturated heterocycles. The summed E-state index contributed by atoms with van der Waals surface area (Å²) in [7, 11) is 1.89. The van der Waals surface area contributed by atoms with Crippen molar-refractivity contribution in [2.45, 2.75) is 20.3 Å². The number of carboxylic acids is 1. The van der Waals surface area contributed by atoms with Gasteiger partial charge in [-0.3, -0.25) is 0 Å². The minimum Gasteiger partial charge on any atom is -0.478 e. The fourth-order valence-electron chi connectivity index (χ4n) is 2.40. The Morgan fingerprint density at radius 1 is 1.24 bits per heavy atom. The number of aromatic nitrogens is 1. The van der Waals surface area contributed by atoms with Crippen molar-refractivity contribution in [3.05, 3.63) is 58.8 Å². The number of carboxylic acid groups (broad SMARTS) is 1. The summed E-state index contributed by atoms with van der Waals surface area (Å²) in [6.45, 7) is 4.42. The van der Waals surface area contributed by atoms with Crippen LogP contribution in [0, 0.1) is 13.8 Å². The van der Waals surface area contributed by atoms with E-state index in [1.165, 1.54) is 5.56 Å². The van der Waals surface area contributed by atoms with Gasteiger partial charge in [-0.1, -0.05) is 30.3 Å². The second-order valence-corrected chi connectivity index (χ2v) is 5.24. The number of anilines is 1. The zero-order chi connectivity index (χ0) is 15.4. The van der Waals surface area contributed by atoms with E-state index >= 15 is 0 Å². The second-order valence-electron chi connectivity index (χ2n) is 5.24. The van der Waals surface area contributed by atoms with Gasteiger partial charge in [0.1, 0.15) is 11.4 Å². The Balaban J connectivity index is 2.22. The normalized spacial score (nSPS) is 10.4. The van der Waals surface area contributed by atoms with Crippen LogP contribution in [0.3, 0.4) is 0 Å². The molecule has 110 valence electrons. The zero-order valence-corrected chi connectivity index (χ0v) is 12.6. The molecule has 0 atom stereocenters. The van der Waals surface area contributed by atoms with Gasteiger partial charge in [0.2, 0.25) is 0 Å². The molecule has 0 radical (unpaired) electrons. The first kappa shape index (κ1) is 15.0. The molecular weight excluding hydrogens is 264 g/mol. The van der Waals surface area contributed by atoms with E-state index in [0.717, 1.165) is 24.2 Å². The Morgan fingerprint density at radius 3 is 2.52 bits per heavy atom. The van der Waals surface area contributed by atoms with Crippen LogP contribution in [0.15, 0.2) is 36.4 Å². The van der Waals surface area contributed by atoms with Gasteiger partial charge in [-0.25, -0.2) is 9.78 Å². The lowest BCUT2D eigenvalue weighted by molar-refractivity contribution is 0.0696. The third kappa shape index (κ3) is 3.60.